The van der Waals surface area contributed by atoms with Gasteiger partial charge in [-0.2, -0.15) is 4.37 Å². The molecule has 19 heavy (non-hydrogen) atoms. The Morgan fingerprint density at radius 1 is 1.42 bits per heavy atom. The zero-order chi connectivity index (χ0) is 13.4. The van der Waals surface area contributed by atoms with Crippen molar-refractivity contribution in [2.75, 3.05) is 17.7 Å². The molecule has 0 spiro atoms. The van der Waals surface area contributed by atoms with Crippen LogP contribution in [0.1, 0.15) is 35.7 Å². The molecule has 2 aromatic rings. The monoisotopic (exact) mass is 274 g/mol. The van der Waals surface area contributed by atoms with E-state index in [0.29, 0.717) is 11.7 Å². The first-order valence-electron chi connectivity index (χ1n) is 6.54. The predicted octanol–water partition coefficient (Wildman–Crippen LogP) is 2.94. The molecule has 2 heterocycles. The van der Waals surface area contributed by atoms with Crippen molar-refractivity contribution in [2.24, 2.45) is 0 Å². The van der Waals surface area contributed by atoms with Gasteiger partial charge in [0.05, 0.1) is 12.2 Å². The van der Waals surface area contributed by atoms with Crippen LogP contribution in [0.15, 0.2) is 18.2 Å². The summed E-state index contributed by atoms with van der Waals surface area (Å²) in [5.41, 5.74) is 9.38. The van der Waals surface area contributed by atoms with E-state index >= 15 is 0 Å². The summed E-state index contributed by atoms with van der Waals surface area (Å²) in [5, 5.41) is 1.20. The number of aromatic nitrogens is 2. The van der Waals surface area contributed by atoms with Crippen molar-refractivity contribution in [3.63, 3.8) is 0 Å². The van der Waals surface area contributed by atoms with Gasteiger partial charge in [0.1, 0.15) is 10.8 Å². The van der Waals surface area contributed by atoms with Crippen molar-refractivity contribution in [1.82, 2.24) is 9.36 Å². The van der Waals surface area contributed by atoms with Crippen molar-refractivity contribution >= 4 is 22.4 Å². The minimum absolute atomic E-state index is 0.627. The molecule has 0 bridgehead atoms. The van der Waals surface area contributed by atoms with Crippen LogP contribution >= 0.6 is 11.5 Å². The summed E-state index contributed by atoms with van der Waals surface area (Å²) in [4.78, 5) is 6.76. The number of hydrogen-bond donors (Lipinski definition) is 1. The van der Waals surface area contributed by atoms with Crippen LogP contribution < -0.4 is 10.6 Å². The Morgan fingerprint density at radius 3 is 2.89 bits per heavy atom. The van der Waals surface area contributed by atoms with E-state index in [1.807, 2.05) is 19.1 Å². The molecular weight excluding hydrogens is 256 g/mol. The summed E-state index contributed by atoms with van der Waals surface area (Å²) in [5.74, 6) is 1.34. The Labute approximate surface area is 117 Å². The van der Waals surface area contributed by atoms with Gasteiger partial charge >= 0.3 is 0 Å². The molecule has 1 fully saturated rings. The standard InChI is InChI=1S/C14H18N4S/c1-9-4-3-5-11(16-9)8-18(2)14-12(10-6-7-10)13(15)17-19-14/h3-5,10H,6-8H2,1-2H3,(H2,15,17). The van der Waals surface area contributed by atoms with Crippen molar-refractivity contribution in [1.29, 1.82) is 0 Å². The van der Waals surface area contributed by atoms with E-state index in [9.17, 15) is 0 Å². The fraction of sp³-hybridized carbons (Fsp3) is 0.429. The van der Waals surface area contributed by atoms with Gasteiger partial charge in [0, 0.05) is 18.3 Å². The fourth-order valence-electron chi connectivity index (χ4n) is 2.33. The van der Waals surface area contributed by atoms with Gasteiger partial charge in [-0.15, -0.1) is 0 Å². The molecule has 1 aliphatic rings. The van der Waals surface area contributed by atoms with Crippen LogP contribution in [-0.2, 0) is 6.54 Å². The third-order valence-electron chi connectivity index (χ3n) is 3.41. The topological polar surface area (TPSA) is 55.0 Å². The number of hydrogen-bond acceptors (Lipinski definition) is 5. The molecule has 0 aromatic carbocycles. The highest BCUT2D eigenvalue weighted by atomic mass is 32.1. The van der Waals surface area contributed by atoms with E-state index in [1.165, 1.54) is 34.9 Å². The number of rotatable bonds is 4. The lowest BCUT2D eigenvalue weighted by Gasteiger charge is -2.18. The van der Waals surface area contributed by atoms with E-state index in [-0.39, 0.29) is 0 Å². The maximum atomic E-state index is 5.99. The summed E-state index contributed by atoms with van der Waals surface area (Å²) < 4.78 is 4.32. The fourth-order valence-corrected chi connectivity index (χ4v) is 3.19. The van der Waals surface area contributed by atoms with Crippen LogP contribution in [-0.4, -0.2) is 16.4 Å². The number of aryl methyl sites for hydroxylation is 1. The lowest BCUT2D eigenvalue weighted by molar-refractivity contribution is 0.877. The quantitative estimate of drug-likeness (QED) is 0.931. The Kier molecular flexibility index (Phi) is 3.14. The van der Waals surface area contributed by atoms with Crippen LogP contribution in [0.5, 0.6) is 0 Å². The van der Waals surface area contributed by atoms with Crippen LogP contribution in [0.2, 0.25) is 0 Å². The molecule has 2 aromatic heterocycles. The van der Waals surface area contributed by atoms with E-state index in [2.05, 4.69) is 27.4 Å². The van der Waals surface area contributed by atoms with Crippen molar-refractivity contribution in [3.05, 3.63) is 35.2 Å². The van der Waals surface area contributed by atoms with Gasteiger partial charge in [-0.1, -0.05) is 6.07 Å². The van der Waals surface area contributed by atoms with Crippen LogP contribution in [0, 0.1) is 6.92 Å². The molecule has 2 N–H and O–H groups in total. The largest absolute Gasteiger partial charge is 0.383 e. The number of nitrogen functional groups attached to an aromatic ring is 1. The molecule has 1 aliphatic carbocycles. The highest BCUT2D eigenvalue weighted by molar-refractivity contribution is 7.10. The zero-order valence-corrected chi connectivity index (χ0v) is 12.1. The second-order valence-electron chi connectivity index (χ2n) is 5.19. The third kappa shape index (κ3) is 2.56. The van der Waals surface area contributed by atoms with E-state index < -0.39 is 0 Å². The van der Waals surface area contributed by atoms with Gasteiger partial charge in [-0.3, -0.25) is 4.98 Å². The summed E-state index contributed by atoms with van der Waals surface area (Å²) in [6, 6.07) is 6.13. The van der Waals surface area contributed by atoms with Gasteiger partial charge in [0.25, 0.3) is 0 Å². The highest BCUT2D eigenvalue weighted by Gasteiger charge is 2.31. The molecule has 0 amide bonds. The minimum atomic E-state index is 0.627. The van der Waals surface area contributed by atoms with Gasteiger partial charge in [0.15, 0.2) is 0 Å². The molecule has 0 atom stereocenters. The number of pyridine rings is 1. The summed E-state index contributed by atoms with van der Waals surface area (Å²) in [7, 11) is 2.09. The van der Waals surface area contributed by atoms with E-state index in [0.717, 1.165) is 17.9 Å². The SMILES string of the molecule is Cc1cccc(CN(C)c2snc(N)c2C2CC2)n1. The molecule has 0 aliphatic heterocycles. The molecular formula is C14H18N4S. The van der Waals surface area contributed by atoms with Gasteiger partial charge < -0.3 is 10.6 Å². The first-order valence-corrected chi connectivity index (χ1v) is 7.31. The molecule has 4 nitrogen and oxygen atoms in total. The lowest BCUT2D eigenvalue weighted by atomic mass is 10.2. The van der Waals surface area contributed by atoms with Gasteiger partial charge in [-0.05, 0) is 49.3 Å². The average molecular weight is 274 g/mol. The Hall–Kier alpha value is -1.62. The van der Waals surface area contributed by atoms with Crippen molar-refractivity contribution in [2.45, 2.75) is 32.2 Å². The second-order valence-corrected chi connectivity index (χ2v) is 5.94. The van der Waals surface area contributed by atoms with Gasteiger partial charge in [0.2, 0.25) is 0 Å². The van der Waals surface area contributed by atoms with E-state index in [4.69, 9.17) is 5.73 Å². The second kappa shape index (κ2) is 4.81. The minimum Gasteiger partial charge on any atom is -0.383 e. The molecule has 0 radical (unpaired) electrons. The Bertz CT molecular complexity index is 589. The Morgan fingerprint density at radius 2 is 2.21 bits per heavy atom. The van der Waals surface area contributed by atoms with Gasteiger partial charge in [-0.25, -0.2) is 0 Å². The summed E-state index contributed by atoms with van der Waals surface area (Å²) >= 11 is 1.50. The first-order chi connectivity index (χ1) is 9.15. The van der Waals surface area contributed by atoms with Crippen molar-refractivity contribution in [3.8, 4) is 0 Å². The molecule has 0 unspecified atom stereocenters. The summed E-state index contributed by atoms with van der Waals surface area (Å²) in [6.07, 6.45) is 2.48. The lowest BCUT2D eigenvalue weighted by Crippen LogP contribution is -2.17. The molecule has 3 rings (SSSR count). The summed E-state index contributed by atoms with van der Waals surface area (Å²) in [6.45, 7) is 2.81. The predicted molar refractivity (Wildman–Crippen MR) is 79.6 cm³/mol. The van der Waals surface area contributed by atoms with Crippen LogP contribution in [0.3, 0.4) is 0 Å². The van der Waals surface area contributed by atoms with E-state index in [1.54, 1.807) is 0 Å². The maximum absolute atomic E-state index is 5.99. The number of nitrogens with zero attached hydrogens (tertiary/aromatic N) is 3. The molecule has 100 valence electrons. The number of nitrogens with two attached hydrogens (primary N) is 1. The van der Waals surface area contributed by atoms with Crippen molar-refractivity contribution < 1.29 is 0 Å². The average Bonchev–Trinajstić information content (AvgIpc) is 3.12. The van der Waals surface area contributed by atoms with Crippen LogP contribution in [0.4, 0.5) is 10.8 Å². The molecule has 0 saturated heterocycles. The molecule has 5 heteroatoms. The zero-order valence-electron chi connectivity index (χ0n) is 11.3. The van der Waals surface area contributed by atoms with Crippen LogP contribution in [0.25, 0.3) is 0 Å². The molecule has 1 saturated carbocycles. The first kappa shape index (κ1) is 12.4. The Balaban J connectivity index is 1.82. The third-order valence-corrected chi connectivity index (χ3v) is 4.41. The maximum Gasteiger partial charge on any atom is 0.142 e. The number of anilines is 2. The normalized spacial score (nSPS) is 14.6. The highest BCUT2D eigenvalue weighted by Crippen LogP contribution is 2.48. The smallest absolute Gasteiger partial charge is 0.142 e.